The fourth-order valence-corrected chi connectivity index (χ4v) is 6.43. The Morgan fingerprint density at radius 1 is 1.12 bits per heavy atom. The minimum absolute atomic E-state index is 0.0296. The normalized spacial score (nSPS) is 21.9. The molecule has 5 rings (SSSR count). The Labute approximate surface area is 240 Å². The molecule has 7 nitrogen and oxygen atoms in total. The van der Waals surface area contributed by atoms with E-state index in [1.807, 2.05) is 20.8 Å². The Morgan fingerprint density at radius 2 is 1.82 bits per heavy atom. The van der Waals surface area contributed by atoms with Crippen molar-refractivity contribution in [3.8, 4) is 5.75 Å². The molecule has 1 fully saturated rings. The molecule has 2 amide bonds. The lowest BCUT2D eigenvalue weighted by atomic mass is 9.63. The summed E-state index contributed by atoms with van der Waals surface area (Å²) in [7, 11) is 0. The number of carboxylic acid groups (broad SMARTS) is 1. The second-order valence-electron chi connectivity index (χ2n) is 11.4. The van der Waals surface area contributed by atoms with Crippen molar-refractivity contribution < 1.29 is 28.6 Å². The minimum atomic E-state index is -1.37. The molecule has 0 aliphatic carbocycles. The van der Waals surface area contributed by atoms with E-state index in [1.54, 1.807) is 24.3 Å². The number of hydrogen-bond donors (Lipinski definition) is 2. The molecule has 208 valence electrons. The Morgan fingerprint density at radius 3 is 2.48 bits per heavy atom. The van der Waals surface area contributed by atoms with E-state index < -0.39 is 35.3 Å². The first-order chi connectivity index (χ1) is 18.8. The molecule has 0 radical (unpaired) electrons. The van der Waals surface area contributed by atoms with Crippen molar-refractivity contribution in [2.45, 2.75) is 38.6 Å². The van der Waals surface area contributed by atoms with Gasteiger partial charge >= 0.3 is 12.1 Å². The van der Waals surface area contributed by atoms with Gasteiger partial charge in [0, 0.05) is 22.8 Å². The van der Waals surface area contributed by atoms with E-state index in [4.69, 9.17) is 27.9 Å². The van der Waals surface area contributed by atoms with Crippen LogP contribution >= 0.6 is 23.2 Å². The van der Waals surface area contributed by atoms with Crippen molar-refractivity contribution in [1.29, 1.82) is 0 Å². The summed E-state index contributed by atoms with van der Waals surface area (Å²) in [5.74, 6) is -2.54. The molecule has 2 N–H and O–H groups in total. The summed E-state index contributed by atoms with van der Waals surface area (Å²) < 4.78 is 21.5. The first kappa shape index (κ1) is 27.9. The van der Waals surface area contributed by atoms with E-state index in [-0.39, 0.29) is 39.8 Å². The molecule has 0 aromatic heterocycles. The van der Waals surface area contributed by atoms with Gasteiger partial charge in [-0.05, 0) is 65.8 Å². The van der Waals surface area contributed by atoms with Gasteiger partial charge in [-0.1, -0.05) is 62.2 Å². The van der Waals surface area contributed by atoms with Crippen LogP contribution in [0.5, 0.6) is 5.75 Å². The average molecular weight is 585 g/mol. The number of ether oxygens (including phenoxy) is 1. The second kappa shape index (κ2) is 10.1. The maximum atomic E-state index is 15.8. The standard InChI is InChI=1S/C30H27Cl2FN2O5/c1-29(2,3)14-17-15-35(28(39)40-19-10-7-16(8-11-19)26(36)37)25(20-5-4-6-22(32)24(20)33)30(17)21-12-9-18(31)13-23(21)34-27(30)38/h4-13,17,25H,14-15H2,1-3H3,(H,34,38)(H,36,37). The molecule has 3 aromatic carbocycles. The zero-order valence-electron chi connectivity index (χ0n) is 22.0. The van der Waals surface area contributed by atoms with Gasteiger partial charge in [-0.25, -0.2) is 14.0 Å². The monoisotopic (exact) mass is 584 g/mol. The van der Waals surface area contributed by atoms with Gasteiger partial charge < -0.3 is 15.2 Å². The molecule has 2 aliphatic rings. The van der Waals surface area contributed by atoms with E-state index in [0.29, 0.717) is 22.7 Å². The molecule has 2 heterocycles. The van der Waals surface area contributed by atoms with Gasteiger partial charge in [0.05, 0.1) is 16.6 Å². The molecule has 0 bridgehead atoms. The van der Waals surface area contributed by atoms with E-state index in [0.717, 1.165) is 0 Å². The van der Waals surface area contributed by atoms with Crippen LogP contribution in [0.4, 0.5) is 14.9 Å². The van der Waals surface area contributed by atoms with Crippen LogP contribution in [0, 0.1) is 17.2 Å². The fraction of sp³-hybridized carbons (Fsp3) is 0.300. The highest BCUT2D eigenvalue weighted by Crippen LogP contribution is 2.60. The molecule has 1 saturated heterocycles. The van der Waals surface area contributed by atoms with Crippen LogP contribution in [0.25, 0.3) is 0 Å². The van der Waals surface area contributed by atoms with Gasteiger partial charge in [-0.15, -0.1) is 0 Å². The van der Waals surface area contributed by atoms with Crippen molar-refractivity contribution in [2.24, 2.45) is 11.3 Å². The number of carbonyl (C=O) groups excluding carboxylic acids is 2. The molecular weight excluding hydrogens is 558 g/mol. The summed E-state index contributed by atoms with van der Waals surface area (Å²) in [6.45, 7) is 6.21. The fourth-order valence-electron chi connectivity index (χ4n) is 6.08. The number of hydrogen-bond acceptors (Lipinski definition) is 4. The van der Waals surface area contributed by atoms with Crippen molar-refractivity contribution in [3.05, 3.63) is 93.2 Å². The highest BCUT2D eigenvalue weighted by atomic mass is 35.5. The predicted octanol–water partition coefficient (Wildman–Crippen LogP) is 7.33. The smallest absolute Gasteiger partial charge is 0.415 e. The predicted molar refractivity (Wildman–Crippen MR) is 150 cm³/mol. The van der Waals surface area contributed by atoms with Gasteiger partial charge in [0.25, 0.3) is 0 Å². The summed E-state index contributed by atoms with van der Waals surface area (Å²) in [4.78, 5) is 40.6. The molecule has 0 saturated carbocycles. The first-order valence-corrected chi connectivity index (χ1v) is 13.5. The van der Waals surface area contributed by atoms with E-state index >= 15 is 4.39 Å². The number of benzene rings is 3. The first-order valence-electron chi connectivity index (χ1n) is 12.7. The van der Waals surface area contributed by atoms with Gasteiger partial charge in [0.1, 0.15) is 17.0 Å². The van der Waals surface area contributed by atoms with Crippen molar-refractivity contribution in [3.63, 3.8) is 0 Å². The highest BCUT2D eigenvalue weighted by molar-refractivity contribution is 6.31. The average Bonchev–Trinajstić information content (AvgIpc) is 3.35. The zero-order valence-corrected chi connectivity index (χ0v) is 23.5. The van der Waals surface area contributed by atoms with Gasteiger partial charge in [-0.2, -0.15) is 0 Å². The molecule has 1 spiro atoms. The molecule has 10 heteroatoms. The van der Waals surface area contributed by atoms with E-state index in [2.05, 4.69) is 5.32 Å². The number of aromatic carboxylic acids is 1. The molecule has 3 unspecified atom stereocenters. The quantitative estimate of drug-likeness (QED) is 0.334. The minimum Gasteiger partial charge on any atom is -0.478 e. The van der Waals surface area contributed by atoms with Crippen LogP contribution in [0.1, 0.15) is 54.7 Å². The van der Waals surface area contributed by atoms with Gasteiger partial charge in [0.15, 0.2) is 0 Å². The largest absolute Gasteiger partial charge is 0.478 e. The zero-order chi connectivity index (χ0) is 29.0. The van der Waals surface area contributed by atoms with E-state index in [1.165, 1.54) is 41.3 Å². The summed E-state index contributed by atoms with van der Waals surface area (Å²) in [5, 5.41) is 12.4. The van der Waals surface area contributed by atoms with Crippen LogP contribution in [0.15, 0.2) is 60.7 Å². The Balaban J connectivity index is 1.69. The van der Waals surface area contributed by atoms with Gasteiger partial charge in [-0.3, -0.25) is 9.69 Å². The highest BCUT2D eigenvalue weighted by Gasteiger charge is 2.65. The molecule has 3 atom stereocenters. The lowest BCUT2D eigenvalue weighted by Gasteiger charge is -2.38. The van der Waals surface area contributed by atoms with Crippen LogP contribution in [0.3, 0.4) is 0 Å². The van der Waals surface area contributed by atoms with Crippen molar-refractivity contribution >= 4 is 46.9 Å². The maximum Gasteiger partial charge on any atom is 0.415 e. The van der Waals surface area contributed by atoms with Crippen LogP contribution in [-0.4, -0.2) is 34.5 Å². The van der Waals surface area contributed by atoms with Crippen molar-refractivity contribution in [1.82, 2.24) is 4.90 Å². The van der Waals surface area contributed by atoms with Gasteiger partial charge in [0.2, 0.25) is 5.91 Å². The Hall–Kier alpha value is -3.62. The lowest BCUT2D eigenvalue weighted by molar-refractivity contribution is -0.123. The molecule has 3 aromatic rings. The number of carboxylic acids is 1. The van der Waals surface area contributed by atoms with Crippen LogP contribution < -0.4 is 10.1 Å². The number of rotatable bonds is 4. The number of anilines is 1. The SMILES string of the molecule is CC(C)(C)CC1CN(C(=O)Oc2ccc(C(=O)O)cc2)C(c2cccc(Cl)c2F)C12C(=O)Nc1cc(Cl)ccc12. The molecular formula is C30H27Cl2FN2O5. The topological polar surface area (TPSA) is 95.9 Å². The van der Waals surface area contributed by atoms with E-state index in [9.17, 15) is 19.5 Å². The number of halogens is 3. The van der Waals surface area contributed by atoms with Crippen LogP contribution in [-0.2, 0) is 10.2 Å². The third-order valence-corrected chi connectivity index (χ3v) is 8.06. The summed E-state index contributed by atoms with van der Waals surface area (Å²) in [6, 6.07) is 13.8. The number of amides is 2. The third kappa shape index (κ3) is 4.69. The van der Waals surface area contributed by atoms with Crippen LogP contribution in [0.2, 0.25) is 10.0 Å². The second-order valence-corrected chi connectivity index (χ2v) is 12.2. The summed E-state index contributed by atoms with van der Waals surface area (Å²) in [5.41, 5.74) is -0.394. The molecule has 2 aliphatic heterocycles. The Bertz CT molecular complexity index is 1520. The Kier molecular flexibility index (Phi) is 7.04. The number of nitrogens with zero attached hydrogens (tertiary/aromatic N) is 1. The maximum absolute atomic E-state index is 15.8. The number of nitrogens with one attached hydrogen (secondary N) is 1. The third-order valence-electron chi connectivity index (χ3n) is 7.53. The number of likely N-dealkylation sites (tertiary alicyclic amines) is 1. The lowest BCUT2D eigenvalue weighted by Crippen LogP contribution is -2.46. The number of fused-ring (bicyclic) bond motifs is 2. The molecule has 40 heavy (non-hydrogen) atoms. The number of carbonyl (C=O) groups is 3. The summed E-state index contributed by atoms with van der Waals surface area (Å²) in [6.07, 6.45) is -0.281. The summed E-state index contributed by atoms with van der Waals surface area (Å²) >= 11 is 12.5. The van der Waals surface area contributed by atoms with Crippen molar-refractivity contribution in [2.75, 3.05) is 11.9 Å².